The molecule has 4 nitrogen and oxygen atoms in total. The van der Waals surface area contributed by atoms with Gasteiger partial charge in [0.1, 0.15) is 11.6 Å². The second-order valence-electron chi connectivity index (χ2n) is 4.09. The number of benzene rings is 1. The van der Waals surface area contributed by atoms with Crippen molar-refractivity contribution in [3.8, 4) is 5.75 Å². The zero-order chi connectivity index (χ0) is 13.8. The van der Waals surface area contributed by atoms with Gasteiger partial charge in [0.05, 0.1) is 18.2 Å². The van der Waals surface area contributed by atoms with Crippen LogP contribution in [0.2, 0.25) is 5.02 Å². The number of nitrogens with two attached hydrogens (primary N) is 1. The Bertz CT molecular complexity index is 574. The molecular formula is C14H16ClN3O. The number of hydrogen-bond donors (Lipinski definition) is 2. The molecule has 1 unspecified atom stereocenters. The highest BCUT2D eigenvalue weighted by atomic mass is 35.5. The van der Waals surface area contributed by atoms with E-state index in [1.54, 1.807) is 7.11 Å². The van der Waals surface area contributed by atoms with Gasteiger partial charge in [-0.15, -0.1) is 0 Å². The molecule has 0 radical (unpaired) electrons. The van der Waals surface area contributed by atoms with Crippen LogP contribution in [0.25, 0.3) is 0 Å². The Kier molecular flexibility index (Phi) is 4.24. The molecule has 2 aromatic rings. The summed E-state index contributed by atoms with van der Waals surface area (Å²) in [4.78, 5) is 4.09. The van der Waals surface area contributed by atoms with Gasteiger partial charge in [-0.3, -0.25) is 0 Å². The number of nitrogen functional groups attached to an aromatic ring is 1. The minimum absolute atomic E-state index is 0.123. The third-order valence-electron chi connectivity index (χ3n) is 2.97. The summed E-state index contributed by atoms with van der Waals surface area (Å²) in [5.41, 5.74) is 7.77. The topological polar surface area (TPSA) is 60.2 Å². The van der Waals surface area contributed by atoms with Gasteiger partial charge in [0.2, 0.25) is 0 Å². The molecule has 0 spiro atoms. The fourth-order valence-electron chi connectivity index (χ4n) is 2.08. The molecule has 1 atom stereocenters. The monoisotopic (exact) mass is 277 g/mol. The summed E-state index contributed by atoms with van der Waals surface area (Å²) in [6.45, 7) is 0. The number of aromatic nitrogens is 1. The highest BCUT2D eigenvalue weighted by molar-refractivity contribution is 6.30. The van der Waals surface area contributed by atoms with Crippen molar-refractivity contribution in [1.82, 2.24) is 10.3 Å². The van der Waals surface area contributed by atoms with Crippen LogP contribution in [-0.2, 0) is 0 Å². The smallest absolute Gasteiger partial charge is 0.128 e. The second-order valence-corrected chi connectivity index (χ2v) is 4.53. The maximum atomic E-state index is 6.00. The molecule has 1 heterocycles. The van der Waals surface area contributed by atoms with Crippen LogP contribution in [0.4, 0.5) is 5.82 Å². The molecule has 2 rings (SSSR count). The fourth-order valence-corrected chi connectivity index (χ4v) is 2.25. The van der Waals surface area contributed by atoms with E-state index in [9.17, 15) is 0 Å². The van der Waals surface area contributed by atoms with Crippen molar-refractivity contribution in [2.24, 2.45) is 0 Å². The van der Waals surface area contributed by atoms with E-state index in [0.717, 1.165) is 16.9 Å². The summed E-state index contributed by atoms with van der Waals surface area (Å²) in [5, 5.41) is 3.77. The summed E-state index contributed by atoms with van der Waals surface area (Å²) in [5.74, 6) is 1.25. The Morgan fingerprint density at radius 3 is 2.74 bits per heavy atom. The minimum Gasteiger partial charge on any atom is -0.496 e. The molecule has 0 aliphatic heterocycles. The van der Waals surface area contributed by atoms with Gasteiger partial charge < -0.3 is 15.8 Å². The van der Waals surface area contributed by atoms with Gasteiger partial charge in [-0.2, -0.15) is 0 Å². The van der Waals surface area contributed by atoms with Gasteiger partial charge in [-0.05, 0) is 19.2 Å². The van der Waals surface area contributed by atoms with Crippen molar-refractivity contribution in [3.63, 3.8) is 0 Å². The summed E-state index contributed by atoms with van der Waals surface area (Å²) >= 11 is 6.00. The molecule has 0 aliphatic rings. The predicted molar refractivity (Wildman–Crippen MR) is 77.6 cm³/mol. The molecule has 0 fully saturated rings. The van der Waals surface area contributed by atoms with E-state index in [0.29, 0.717) is 10.8 Å². The minimum atomic E-state index is -0.123. The lowest BCUT2D eigenvalue weighted by Crippen LogP contribution is -2.20. The number of pyridine rings is 1. The van der Waals surface area contributed by atoms with Gasteiger partial charge in [0, 0.05) is 17.3 Å². The van der Waals surface area contributed by atoms with Crippen molar-refractivity contribution in [2.45, 2.75) is 6.04 Å². The molecule has 0 saturated carbocycles. The van der Waals surface area contributed by atoms with E-state index in [1.165, 1.54) is 6.20 Å². The normalized spacial score (nSPS) is 12.2. The van der Waals surface area contributed by atoms with E-state index in [1.807, 2.05) is 37.4 Å². The number of halogens is 1. The first kappa shape index (κ1) is 13.6. The van der Waals surface area contributed by atoms with Gasteiger partial charge in [-0.25, -0.2) is 4.98 Å². The number of nitrogens with one attached hydrogen (secondary N) is 1. The maximum Gasteiger partial charge on any atom is 0.128 e. The Hall–Kier alpha value is -1.78. The summed E-state index contributed by atoms with van der Waals surface area (Å²) in [7, 11) is 3.50. The molecule has 0 aliphatic carbocycles. The largest absolute Gasteiger partial charge is 0.496 e. The number of methoxy groups -OCH3 is 1. The first-order valence-electron chi connectivity index (χ1n) is 5.88. The van der Waals surface area contributed by atoms with Crippen LogP contribution in [-0.4, -0.2) is 19.1 Å². The molecule has 19 heavy (non-hydrogen) atoms. The van der Waals surface area contributed by atoms with E-state index in [2.05, 4.69) is 10.3 Å². The van der Waals surface area contributed by atoms with Crippen molar-refractivity contribution in [1.29, 1.82) is 0 Å². The van der Waals surface area contributed by atoms with Crippen molar-refractivity contribution >= 4 is 17.4 Å². The molecule has 5 heteroatoms. The molecule has 0 bridgehead atoms. The standard InChI is InChI=1S/C14H16ClN3O/c1-17-13(10-5-3-4-6-12(10)19-2)11-7-9(15)8-18-14(11)16/h3-8,13,17H,1-2H3,(H2,16,18). The first-order valence-corrected chi connectivity index (χ1v) is 6.26. The van der Waals surface area contributed by atoms with Crippen molar-refractivity contribution in [2.75, 3.05) is 19.9 Å². The number of rotatable bonds is 4. The van der Waals surface area contributed by atoms with Crippen LogP contribution < -0.4 is 15.8 Å². The highest BCUT2D eigenvalue weighted by Crippen LogP contribution is 2.32. The molecule has 1 aromatic carbocycles. The Labute approximate surface area is 117 Å². The molecular weight excluding hydrogens is 262 g/mol. The lowest BCUT2D eigenvalue weighted by molar-refractivity contribution is 0.405. The van der Waals surface area contributed by atoms with Crippen LogP contribution in [0, 0.1) is 0 Å². The molecule has 1 aromatic heterocycles. The Morgan fingerprint density at radius 1 is 1.32 bits per heavy atom. The average Bonchev–Trinajstić information content (AvgIpc) is 2.44. The highest BCUT2D eigenvalue weighted by Gasteiger charge is 2.19. The van der Waals surface area contributed by atoms with E-state index >= 15 is 0 Å². The number of hydrogen-bond acceptors (Lipinski definition) is 4. The van der Waals surface area contributed by atoms with Crippen molar-refractivity contribution < 1.29 is 4.74 Å². The average molecular weight is 278 g/mol. The van der Waals surface area contributed by atoms with Crippen molar-refractivity contribution in [3.05, 3.63) is 52.7 Å². The third-order valence-corrected chi connectivity index (χ3v) is 3.17. The Morgan fingerprint density at radius 2 is 2.05 bits per heavy atom. The summed E-state index contributed by atoms with van der Waals surface area (Å²) < 4.78 is 5.39. The van der Waals surface area contributed by atoms with E-state index < -0.39 is 0 Å². The number of ether oxygens (including phenoxy) is 1. The number of para-hydroxylation sites is 1. The van der Waals surface area contributed by atoms with Crippen LogP contribution in [0.1, 0.15) is 17.2 Å². The van der Waals surface area contributed by atoms with Gasteiger partial charge >= 0.3 is 0 Å². The molecule has 3 N–H and O–H groups in total. The zero-order valence-electron chi connectivity index (χ0n) is 10.9. The van der Waals surface area contributed by atoms with Gasteiger partial charge in [-0.1, -0.05) is 29.8 Å². The molecule has 0 saturated heterocycles. The van der Waals surface area contributed by atoms with Crippen LogP contribution in [0.3, 0.4) is 0 Å². The number of anilines is 1. The van der Waals surface area contributed by atoms with Gasteiger partial charge in [0.15, 0.2) is 0 Å². The van der Waals surface area contributed by atoms with Crippen LogP contribution in [0.15, 0.2) is 36.5 Å². The van der Waals surface area contributed by atoms with Gasteiger partial charge in [0.25, 0.3) is 0 Å². The Balaban J connectivity index is 2.53. The maximum absolute atomic E-state index is 6.00. The SMILES string of the molecule is CNC(c1ccccc1OC)c1cc(Cl)cnc1N. The fraction of sp³-hybridized carbons (Fsp3) is 0.214. The number of nitrogens with zero attached hydrogens (tertiary/aromatic N) is 1. The first-order chi connectivity index (χ1) is 9.17. The molecule has 100 valence electrons. The second kappa shape index (κ2) is 5.91. The lowest BCUT2D eigenvalue weighted by atomic mass is 9.98. The third kappa shape index (κ3) is 2.80. The zero-order valence-corrected chi connectivity index (χ0v) is 11.6. The molecule has 0 amide bonds. The quantitative estimate of drug-likeness (QED) is 0.902. The van der Waals surface area contributed by atoms with E-state index in [-0.39, 0.29) is 6.04 Å². The van der Waals surface area contributed by atoms with E-state index in [4.69, 9.17) is 22.1 Å². The predicted octanol–water partition coefficient (Wildman–Crippen LogP) is 2.63. The summed E-state index contributed by atoms with van der Waals surface area (Å²) in [6, 6.07) is 9.47. The lowest BCUT2D eigenvalue weighted by Gasteiger charge is -2.20. The summed E-state index contributed by atoms with van der Waals surface area (Å²) in [6.07, 6.45) is 1.54. The van der Waals surface area contributed by atoms with Crippen LogP contribution >= 0.6 is 11.6 Å². The van der Waals surface area contributed by atoms with Crippen LogP contribution in [0.5, 0.6) is 5.75 Å².